The van der Waals surface area contributed by atoms with Crippen molar-refractivity contribution in [2.45, 2.75) is 78.6 Å². The van der Waals surface area contributed by atoms with E-state index in [1.807, 2.05) is 32.9 Å². The van der Waals surface area contributed by atoms with Crippen LogP contribution in [-0.2, 0) is 13.1 Å². The standard InChI is InChI=1S/C28H41ClN4O3/c1-17-13-18(2)33(11-12-34)28(36)25(17)16-30-27(35)24-14-22(29)15-26(19(24)3)31-20(4)21-7-9-23(10-8-21)32(5)6/h13-15,20-21,23,31,34H,7-12,16H2,1-6H3,(H,30,35)/t20?,21-,23-. The van der Waals surface area contributed by atoms with Crippen molar-refractivity contribution < 1.29 is 9.90 Å². The summed E-state index contributed by atoms with van der Waals surface area (Å²) in [6, 6.07) is 6.38. The second-order valence-electron chi connectivity index (χ2n) is 10.4. The maximum absolute atomic E-state index is 13.2. The Morgan fingerprint density at radius 2 is 1.83 bits per heavy atom. The topological polar surface area (TPSA) is 86.6 Å². The summed E-state index contributed by atoms with van der Waals surface area (Å²) in [6.45, 7) is 8.04. The average Bonchev–Trinajstić information content (AvgIpc) is 2.83. The summed E-state index contributed by atoms with van der Waals surface area (Å²) in [5.74, 6) is 0.299. The van der Waals surface area contributed by atoms with Crippen molar-refractivity contribution in [3.8, 4) is 0 Å². The van der Waals surface area contributed by atoms with Crippen LogP contribution in [0.3, 0.4) is 0 Å². The highest BCUT2D eigenvalue weighted by molar-refractivity contribution is 6.31. The number of nitrogens with zero attached hydrogens (tertiary/aromatic N) is 2. The van der Waals surface area contributed by atoms with Gasteiger partial charge in [-0.3, -0.25) is 9.59 Å². The Morgan fingerprint density at radius 1 is 1.17 bits per heavy atom. The third-order valence-corrected chi connectivity index (χ3v) is 7.98. The fourth-order valence-electron chi connectivity index (χ4n) is 5.37. The van der Waals surface area contributed by atoms with Crippen LogP contribution < -0.4 is 16.2 Å². The van der Waals surface area contributed by atoms with Crippen LogP contribution in [0, 0.1) is 26.7 Å². The van der Waals surface area contributed by atoms with Crippen molar-refractivity contribution in [3.05, 3.63) is 61.5 Å². The Balaban J connectivity index is 1.73. The molecule has 1 aliphatic rings. The van der Waals surface area contributed by atoms with E-state index in [-0.39, 0.29) is 37.2 Å². The van der Waals surface area contributed by atoms with E-state index in [1.165, 1.54) is 30.3 Å². The summed E-state index contributed by atoms with van der Waals surface area (Å²) >= 11 is 6.43. The van der Waals surface area contributed by atoms with Gasteiger partial charge in [-0.25, -0.2) is 0 Å². The molecule has 1 saturated carbocycles. The number of aryl methyl sites for hydroxylation is 2. The van der Waals surface area contributed by atoms with Gasteiger partial charge in [0.05, 0.1) is 6.61 Å². The van der Waals surface area contributed by atoms with Crippen molar-refractivity contribution in [3.63, 3.8) is 0 Å². The second-order valence-corrected chi connectivity index (χ2v) is 10.8. The molecular formula is C28H41ClN4O3. The Labute approximate surface area is 219 Å². The molecular weight excluding hydrogens is 476 g/mol. The minimum absolute atomic E-state index is 0.107. The molecule has 0 radical (unpaired) electrons. The van der Waals surface area contributed by atoms with Gasteiger partial charge in [-0.15, -0.1) is 0 Å². The first-order valence-corrected chi connectivity index (χ1v) is 13.2. The fraction of sp³-hybridized carbons (Fsp3) is 0.571. The van der Waals surface area contributed by atoms with Gasteiger partial charge in [0, 0.05) is 52.7 Å². The number of hydrogen-bond acceptors (Lipinski definition) is 5. The van der Waals surface area contributed by atoms with Gasteiger partial charge in [-0.05, 0) is 103 Å². The summed E-state index contributed by atoms with van der Waals surface area (Å²) in [7, 11) is 4.30. The molecule has 1 atom stereocenters. The van der Waals surface area contributed by atoms with Crippen LogP contribution in [0.4, 0.5) is 5.69 Å². The largest absolute Gasteiger partial charge is 0.395 e. The van der Waals surface area contributed by atoms with Gasteiger partial charge in [0.25, 0.3) is 11.5 Å². The Morgan fingerprint density at radius 3 is 2.44 bits per heavy atom. The van der Waals surface area contributed by atoms with E-state index >= 15 is 0 Å². The van der Waals surface area contributed by atoms with E-state index in [0.717, 1.165) is 22.5 Å². The molecule has 36 heavy (non-hydrogen) atoms. The van der Waals surface area contributed by atoms with E-state index in [9.17, 15) is 14.7 Å². The first kappa shape index (κ1) is 28.2. The number of hydrogen-bond donors (Lipinski definition) is 3. The van der Waals surface area contributed by atoms with Gasteiger partial charge in [0.15, 0.2) is 0 Å². The van der Waals surface area contributed by atoms with Gasteiger partial charge >= 0.3 is 0 Å². The van der Waals surface area contributed by atoms with Gasteiger partial charge in [-0.1, -0.05) is 11.6 Å². The quantitative estimate of drug-likeness (QED) is 0.463. The van der Waals surface area contributed by atoms with Crippen LogP contribution >= 0.6 is 11.6 Å². The predicted molar refractivity (Wildman–Crippen MR) is 147 cm³/mol. The average molecular weight is 517 g/mol. The Kier molecular flexibility index (Phi) is 9.61. The molecule has 1 unspecified atom stereocenters. The molecule has 7 nitrogen and oxygen atoms in total. The lowest BCUT2D eigenvalue weighted by molar-refractivity contribution is 0.0950. The van der Waals surface area contributed by atoms with Crippen LogP contribution in [0.1, 0.15) is 65.3 Å². The third kappa shape index (κ3) is 6.50. The smallest absolute Gasteiger partial charge is 0.256 e. The minimum Gasteiger partial charge on any atom is -0.395 e. The first-order valence-electron chi connectivity index (χ1n) is 12.9. The van der Waals surface area contributed by atoms with Gasteiger partial charge < -0.3 is 25.2 Å². The van der Waals surface area contributed by atoms with E-state index in [2.05, 4.69) is 36.6 Å². The number of halogens is 1. The Hall–Kier alpha value is -2.35. The van der Waals surface area contributed by atoms with Gasteiger partial charge in [0.2, 0.25) is 0 Å². The van der Waals surface area contributed by atoms with Crippen molar-refractivity contribution in [1.29, 1.82) is 0 Å². The van der Waals surface area contributed by atoms with Crippen molar-refractivity contribution in [1.82, 2.24) is 14.8 Å². The fourth-order valence-corrected chi connectivity index (χ4v) is 5.59. The molecule has 2 aromatic rings. The maximum atomic E-state index is 13.2. The van der Waals surface area contributed by atoms with Crippen LogP contribution in [0.25, 0.3) is 0 Å². The van der Waals surface area contributed by atoms with Crippen molar-refractivity contribution >= 4 is 23.2 Å². The molecule has 198 valence electrons. The van der Waals surface area contributed by atoms with Gasteiger partial charge in [-0.2, -0.15) is 0 Å². The molecule has 1 aromatic heterocycles. The molecule has 0 saturated heterocycles. The summed E-state index contributed by atoms with van der Waals surface area (Å²) in [6.07, 6.45) is 4.75. The minimum atomic E-state index is -0.273. The number of aliphatic hydroxyl groups is 1. The molecule has 8 heteroatoms. The summed E-state index contributed by atoms with van der Waals surface area (Å²) < 4.78 is 1.54. The second kappa shape index (κ2) is 12.3. The SMILES string of the molecule is Cc1cc(C)n(CCO)c(=O)c1CNC(=O)c1cc(Cl)cc(NC(C)[C@H]2CC[C@H](N(C)C)CC2)c1C. The number of amides is 1. The zero-order valence-corrected chi connectivity index (χ0v) is 23.2. The van der Waals surface area contributed by atoms with Gasteiger partial charge in [0.1, 0.15) is 0 Å². The number of benzene rings is 1. The zero-order chi connectivity index (χ0) is 26.6. The number of rotatable bonds is 9. The molecule has 1 amide bonds. The first-order chi connectivity index (χ1) is 17.0. The number of carbonyl (C=O) groups is 1. The normalized spacial score (nSPS) is 18.8. The van der Waals surface area contributed by atoms with Crippen molar-refractivity contribution in [2.75, 3.05) is 26.0 Å². The number of carbonyl (C=O) groups excluding carboxylic acids is 1. The number of pyridine rings is 1. The molecule has 0 bridgehead atoms. The molecule has 1 fully saturated rings. The van der Waals surface area contributed by atoms with E-state index in [4.69, 9.17) is 11.6 Å². The third-order valence-electron chi connectivity index (χ3n) is 7.76. The molecule has 0 aliphatic heterocycles. The van der Waals surface area contributed by atoms with Crippen LogP contribution in [0.5, 0.6) is 0 Å². The number of aromatic nitrogens is 1. The maximum Gasteiger partial charge on any atom is 0.256 e. The van der Waals surface area contributed by atoms with Crippen LogP contribution in [0.15, 0.2) is 23.0 Å². The molecule has 3 N–H and O–H groups in total. The highest BCUT2D eigenvalue weighted by Crippen LogP contribution is 2.32. The lowest BCUT2D eigenvalue weighted by atomic mass is 9.81. The van der Waals surface area contributed by atoms with Crippen LogP contribution in [-0.4, -0.2) is 53.3 Å². The molecule has 1 aliphatic carbocycles. The summed E-state index contributed by atoms with van der Waals surface area (Å²) in [5.41, 5.74) is 4.12. The number of nitrogens with one attached hydrogen (secondary N) is 2. The van der Waals surface area contributed by atoms with E-state index < -0.39 is 0 Å². The molecule has 1 aromatic carbocycles. The monoisotopic (exact) mass is 516 g/mol. The lowest BCUT2D eigenvalue weighted by Crippen LogP contribution is -2.36. The summed E-state index contributed by atoms with van der Waals surface area (Å²) in [4.78, 5) is 28.4. The lowest BCUT2D eigenvalue weighted by Gasteiger charge is -2.36. The highest BCUT2D eigenvalue weighted by atomic mass is 35.5. The van der Waals surface area contributed by atoms with E-state index in [1.54, 1.807) is 6.07 Å². The number of aliphatic hydroxyl groups excluding tert-OH is 1. The molecule has 0 spiro atoms. The van der Waals surface area contributed by atoms with Crippen molar-refractivity contribution in [2.24, 2.45) is 5.92 Å². The molecule has 3 rings (SSSR count). The predicted octanol–water partition coefficient (Wildman–Crippen LogP) is 4.27. The summed E-state index contributed by atoms with van der Waals surface area (Å²) in [5, 5.41) is 16.3. The van der Waals surface area contributed by atoms with Crippen LogP contribution in [0.2, 0.25) is 5.02 Å². The highest BCUT2D eigenvalue weighted by Gasteiger charge is 2.27. The Bertz CT molecular complexity index is 1140. The molecule has 1 heterocycles. The van der Waals surface area contributed by atoms with E-state index in [0.29, 0.717) is 28.1 Å². The number of anilines is 1. The zero-order valence-electron chi connectivity index (χ0n) is 22.4.